The highest BCUT2D eigenvalue weighted by molar-refractivity contribution is 5.94. The summed E-state index contributed by atoms with van der Waals surface area (Å²) in [4.78, 5) is 11.9. The van der Waals surface area contributed by atoms with Gasteiger partial charge in [0.05, 0.1) is 7.11 Å². The van der Waals surface area contributed by atoms with Gasteiger partial charge in [-0.1, -0.05) is 12.1 Å². The highest BCUT2D eigenvalue weighted by Crippen LogP contribution is 2.26. The van der Waals surface area contributed by atoms with E-state index >= 15 is 0 Å². The quantitative estimate of drug-likeness (QED) is 0.901. The van der Waals surface area contributed by atoms with Gasteiger partial charge in [-0.3, -0.25) is 4.79 Å². The Morgan fingerprint density at radius 2 is 1.95 bits per heavy atom. The number of ether oxygens (including phenoxy) is 1. The molecule has 0 aliphatic heterocycles. The first-order valence-corrected chi connectivity index (χ1v) is 6.00. The number of benzene rings is 2. The molecule has 104 valence electrons. The number of rotatable bonds is 4. The van der Waals surface area contributed by atoms with Crippen LogP contribution in [-0.2, 0) is 6.54 Å². The molecule has 0 saturated heterocycles. The standard InChI is InChI=1S/C15H14FNO3/c1-20-14-8-11(4-7-13(14)18)15(19)17-9-10-2-5-12(16)6-3-10/h2-8,18H,9H2,1H3,(H,17,19). The zero-order valence-corrected chi connectivity index (χ0v) is 10.9. The van der Waals surface area contributed by atoms with Gasteiger partial charge in [0.1, 0.15) is 5.82 Å². The molecule has 0 radical (unpaired) electrons. The Morgan fingerprint density at radius 3 is 2.60 bits per heavy atom. The Morgan fingerprint density at radius 1 is 1.25 bits per heavy atom. The van der Waals surface area contributed by atoms with Crippen LogP contribution in [0.5, 0.6) is 11.5 Å². The van der Waals surface area contributed by atoms with Crippen LogP contribution in [0.25, 0.3) is 0 Å². The number of hydrogen-bond acceptors (Lipinski definition) is 3. The van der Waals surface area contributed by atoms with Gasteiger partial charge in [-0.2, -0.15) is 0 Å². The second kappa shape index (κ2) is 6.06. The number of nitrogens with one attached hydrogen (secondary N) is 1. The Balaban J connectivity index is 2.03. The molecule has 2 aromatic rings. The Kier molecular flexibility index (Phi) is 4.20. The number of carbonyl (C=O) groups excluding carboxylic acids is 1. The van der Waals surface area contributed by atoms with Crippen LogP contribution in [0.1, 0.15) is 15.9 Å². The van der Waals surface area contributed by atoms with Crippen molar-refractivity contribution in [2.75, 3.05) is 7.11 Å². The molecule has 0 aromatic heterocycles. The highest BCUT2D eigenvalue weighted by atomic mass is 19.1. The SMILES string of the molecule is COc1cc(C(=O)NCc2ccc(F)cc2)ccc1O. The number of phenols is 1. The highest BCUT2D eigenvalue weighted by Gasteiger charge is 2.09. The molecule has 2 rings (SSSR count). The van der Waals surface area contributed by atoms with Gasteiger partial charge in [0, 0.05) is 12.1 Å². The maximum atomic E-state index is 12.7. The number of methoxy groups -OCH3 is 1. The van der Waals surface area contributed by atoms with Crippen LogP contribution in [-0.4, -0.2) is 18.1 Å². The van der Waals surface area contributed by atoms with Crippen molar-refractivity contribution in [1.29, 1.82) is 0 Å². The molecule has 0 fully saturated rings. The van der Waals surface area contributed by atoms with Crippen molar-refractivity contribution in [3.05, 3.63) is 59.4 Å². The lowest BCUT2D eigenvalue weighted by Crippen LogP contribution is -2.22. The maximum absolute atomic E-state index is 12.7. The molecule has 0 spiro atoms. The van der Waals surface area contributed by atoms with E-state index in [9.17, 15) is 14.3 Å². The molecule has 0 aliphatic carbocycles. The first kappa shape index (κ1) is 13.9. The fourth-order valence-corrected chi connectivity index (χ4v) is 1.71. The van der Waals surface area contributed by atoms with E-state index < -0.39 is 0 Å². The topological polar surface area (TPSA) is 58.6 Å². The summed E-state index contributed by atoms with van der Waals surface area (Å²) < 4.78 is 17.7. The van der Waals surface area contributed by atoms with Gasteiger partial charge >= 0.3 is 0 Å². The van der Waals surface area contributed by atoms with Gasteiger partial charge < -0.3 is 15.2 Å². The summed E-state index contributed by atoms with van der Waals surface area (Å²) in [6.45, 7) is 0.294. The fraction of sp³-hybridized carbons (Fsp3) is 0.133. The summed E-state index contributed by atoms with van der Waals surface area (Å²) in [5.41, 5.74) is 1.17. The predicted molar refractivity (Wildman–Crippen MR) is 72.2 cm³/mol. The molecule has 0 heterocycles. The Labute approximate surface area is 115 Å². The zero-order valence-electron chi connectivity index (χ0n) is 10.9. The number of hydrogen-bond donors (Lipinski definition) is 2. The molecule has 0 unspecified atom stereocenters. The van der Waals surface area contributed by atoms with Gasteiger partial charge in [-0.25, -0.2) is 4.39 Å². The van der Waals surface area contributed by atoms with Crippen LogP contribution < -0.4 is 10.1 Å². The molecule has 2 N–H and O–H groups in total. The maximum Gasteiger partial charge on any atom is 0.251 e. The number of phenolic OH excluding ortho intramolecular Hbond substituents is 1. The van der Waals surface area contributed by atoms with E-state index in [1.165, 1.54) is 37.4 Å². The third kappa shape index (κ3) is 3.26. The third-order valence-corrected chi connectivity index (χ3v) is 2.81. The lowest BCUT2D eigenvalue weighted by Gasteiger charge is -2.08. The van der Waals surface area contributed by atoms with E-state index in [1.807, 2.05) is 0 Å². The summed E-state index contributed by atoms with van der Waals surface area (Å²) in [6.07, 6.45) is 0. The molecular weight excluding hydrogens is 261 g/mol. The number of carbonyl (C=O) groups is 1. The van der Waals surface area contributed by atoms with Gasteiger partial charge in [0.25, 0.3) is 5.91 Å². The first-order valence-electron chi connectivity index (χ1n) is 6.00. The predicted octanol–water partition coefficient (Wildman–Crippen LogP) is 2.47. The Bertz CT molecular complexity index is 611. The van der Waals surface area contributed by atoms with Crippen LogP contribution in [0.4, 0.5) is 4.39 Å². The van der Waals surface area contributed by atoms with Crippen LogP contribution in [0.2, 0.25) is 0 Å². The molecule has 5 heteroatoms. The molecule has 4 nitrogen and oxygen atoms in total. The monoisotopic (exact) mass is 275 g/mol. The molecule has 0 aliphatic rings. The van der Waals surface area contributed by atoms with Crippen molar-refractivity contribution in [2.24, 2.45) is 0 Å². The van der Waals surface area contributed by atoms with Crippen LogP contribution in [0.15, 0.2) is 42.5 Å². The smallest absolute Gasteiger partial charge is 0.251 e. The fourth-order valence-electron chi connectivity index (χ4n) is 1.71. The summed E-state index contributed by atoms with van der Waals surface area (Å²) in [6, 6.07) is 10.2. The first-order chi connectivity index (χ1) is 9.60. The van der Waals surface area contributed by atoms with E-state index in [4.69, 9.17) is 4.74 Å². The van der Waals surface area contributed by atoms with Crippen LogP contribution in [0.3, 0.4) is 0 Å². The summed E-state index contributed by atoms with van der Waals surface area (Å²) in [5.74, 6) is -0.405. The number of aromatic hydroxyl groups is 1. The molecular formula is C15H14FNO3. The zero-order chi connectivity index (χ0) is 14.5. The minimum Gasteiger partial charge on any atom is -0.504 e. The largest absolute Gasteiger partial charge is 0.504 e. The summed E-state index contributed by atoms with van der Waals surface area (Å²) in [5, 5.41) is 12.2. The molecule has 0 atom stereocenters. The van der Waals surface area contributed by atoms with Crippen molar-refractivity contribution >= 4 is 5.91 Å². The number of amides is 1. The minimum absolute atomic E-state index is 0.0254. The van der Waals surface area contributed by atoms with Crippen molar-refractivity contribution in [1.82, 2.24) is 5.32 Å². The van der Waals surface area contributed by atoms with E-state index in [0.717, 1.165) is 5.56 Å². The van der Waals surface area contributed by atoms with Crippen molar-refractivity contribution in [2.45, 2.75) is 6.54 Å². The van der Waals surface area contributed by atoms with Crippen LogP contribution in [0, 0.1) is 5.82 Å². The second-order valence-corrected chi connectivity index (χ2v) is 4.20. The van der Waals surface area contributed by atoms with Gasteiger partial charge in [0.2, 0.25) is 0 Å². The lowest BCUT2D eigenvalue weighted by molar-refractivity contribution is 0.0950. The van der Waals surface area contributed by atoms with Crippen LogP contribution >= 0.6 is 0 Å². The van der Waals surface area contributed by atoms with Gasteiger partial charge in [0.15, 0.2) is 11.5 Å². The molecule has 0 saturated carbocycles. The average molecular weight is 275 g/mol. The molecule has 2 aromatic carbocycles. The van der Waals surface area contributed by atoms with E-state index in [-0.39, 0.29) is 23.2 Å². The van der Waals surface area contributed by atoms with Crippen molar-refractivity contribution < 1.29 is 19.0 Å². The summed E-state index contributed by atoms with van der Waals surface area (Å²) in [7, 11) is 1.41. The third-order valence-electron chi connectivity index (χ3n) is 2.81. The molecule has 20 heavy (non-hydrogen) atoms. The molecule has 1 amide bonds. The second-order valence-electron chi connectivity index (χ2n) is 4.20. The van der Waals surface area contributed by atoms with E-state index in [2.05, 4.69) is 5.32 Å². The number of halogens is 1. The van der Waals surface area contributed by atoms with Crippen molar-refractivity contribution in [3.8, 4) is 11.5 Å². The average Bonchev–Trinajstić information content (AvgIpc) is 2.47. The van der Waals surface area contributed by atoms with Gasteiger partial charge in [-0.05, 0) is 35.9 Å². The minimum atomic E-state index is -0.316. The molecule has 0 bridgehead atoms. The van der Waals surface area contributed by atoms with Crippen molar-refractivity contribution in [3.63, 3.8) is 0 Å². The Hall–Kier alpha value is -2.56. The summed E-state index contributed by atoms with van der Waals surface area (Å²) >= 11 is 0. The van der Waals surface area contributed by atoms with Gasteiger partial charge in [-0.15, -0.1) is 0 Å². The normalized spacial score (nSPS) is 10.1. The lowest BCUT2D eigenvalue weighted by atomic mass is 10.1. The van der Waals surface area contributed by atoms with E-state index in [0.29, 0.717) is 12.1 Å². The van der Waals surface area contributed by atoms with E-state index in [1.54, 1.807) is 12.1 Å².